The first kappa shape index (κ1) is 30.3. The van der Waals surface area contributed by atoms with Gasteiger partial charge in [0.25, 0.3) is 0 Å². The first-order chi connectivity index (χ1) is 18.7. The molecule has 8 heteroatoms. The summed E-state index contributed by atoms with van der Waals surface area (Å²) in [6.07, 6.45) is 2.59. The molecule has 4 saturated carbocycles. The van der Waals surface area contributed by atoms with Gasteiger partial charge in [-0.3, -0.25) is 14.4 Å². The maximum Gasteiger partial charge on any atom is 0.471 e. The van der Waals surface area contributed by atoms with Gasteiger partial charge in [-0.25, -0.2) is 0 Å². The minimum Gasteiger partial charge on any atom is -0.348 e. The van der Waals surface area contributed by atoms with Crippen molar-refractivity contribution in [3.8, 4) is 6.07 Å². The lowest BCUT2D eigenvalue weighted by Crippen LogP contribution is -2.69. The molecule has 1 amide bonds. The largest absolute Gasteiger partial charge is 0.471 e. The molecule has 226 valence electrons. The second-order valence-corrected chi connectivity index (χ2v) is 16.2. The summed E-state index contributed by atoms with van der Waals surface area (Å²) in [4.78, 5) is 39.6. The van der Waals surface area contributed by atoms with Crippen LogP contribution < -0.4 is 5.32 Å². The number of halogens is 3. The topological polar surface area (TPSA) is 87.0 Å². The quantitative estimate of drug-likeness (QED) is 0.386. The van der Waals surface area contributed by atoms with Gasteiger partial charge in [0, 0.05) is 24.3 Å². The standard InChI is InChI=1S/C33H45F3N2O3/c1-27(2)10-12-32(18-38-26(41)33(34,35)36)13-11-31(7)24(20(32)16-27)21(39)14-23-29(5)15-19(17-37)25(40)28(3,4)22(29)8-9-30(23,31)6/h15,20,22-24H,8-14,16,18H2,1-7H3,(H,38,41)/t20-,22?,23?,24-,29-,30+,31+,32+/m0/s1. The number of allylic oxidation sites excluding steroid dienone is 2. The Bertz CT molecular complexity index is 1260. The Kier molecular flexibility index (Phi) is 6.59. The summed E-state index contributed by atoms with van der Waals surface area (Å²) in [6, 6.07) is 2.15. The molecule has 0 bridgehead atoms. The third kappa shape index (κ3) is 4.10. The maximum atomic E-state index is 14.5. The van der Waals surface area contributed by atoms with E-state index in [0.717, 1.165) is 25.7 Å². The Balaban J connectivity index is 1.57. The predicted octanol–water partition coefficient (Wildman–Crippen LogP) is 6.96. The minimum atomic E-state index is -4.94. The fraction of sp³-hybridized carbons (Fsp3) is 0.818. The van der Waals surface area contributed by atoms with Gasteiger partial charge in [-0.05, 0) is 89.8 Å². The van der Waals surface area contributed by atoms with Crippen LogP contribution in [0.25, 0.3) is 0 Å². The Morgan fingerprint density at radius 3 is 2.22 bits per heavy atom. The van der Waals surface area contributed by atoms with E-state index in [1.165, 1.54) is 0 Å². The molecule has 0 aliphatic heterocycles. The van der Waals surface area contributed by atoms with E-state index in [-0.39, 0.29) is 63.6 Å². The molecule has 0 aromatic rings. The number of ketones is 2. The van der Waals surface area contributed by atoms with Gasteiger partial charge in [-0.2, -0.15) is 18.4 Å². The van der Waals surface area contributed by atoms with Gasteiger partial charge in [0.1, 0.15) is 11.9 Å². The molecular formula is C33H45F3N2O3. The molecule has 8 atom stereocenters. The highest BCUT2D eigenvalue weighted by molar-refractivity contribution is 6.04. The molecule has 5 nitrogen and oxygen atoms in total. The molecule has 1 N–H and O–H groups in total. The smallest absolute Gasteiger partial charge is 0.348 e. The van der Waals surface area contributed by atoms with Gasteiger partial charge in [0.15, 0.2) is 5.78 Å². The zero-order chi connectivity index (χ0) is 30.6. The fourth-order valence-electron chi connectivity index (χ4n) is 11.1. The first-order valence-electron chi connectivity index (χ1n) is 15.2. The summed E-state index contributed by atoms with van der Waals surface area (Å²) in [5.74, 6) is -2.34. The van der Waals surface area contributed by atoms with Crippen LogP contribution in [0.2, 0.25) is 0 Å². The second kappa shape index (κ2) is 8.92. The molecule has 0 aromatic heterocycles. The number of hydrogen-bond donors (Lipinski definition) is 1. The van der Waals surface area contributed by atoms with Gasteiger partial charge in [0.2, 0.25) is 0 Å². The van der Waals surface area contributed by atoms with E-state index in [1.54, 1.807) is 0 Å². The van der Waals surface area contributed by atoms with Crippen LogP contribution in [0.3, 0.4) is 0 Å². The average molecular weight is 575 g/mol. The highest BCUT2D eigenvalue weighted by Gasteiger charge is 2.72. The van der Waals surface area contributed by atoms with Gasteiger partial charge >= 0.3 is 12.1 Å². The van der Waals surface area contributed by atoms with Crippen molar-refractivity contribution in [1.82, 2.24) is 5.32 Å². The maximum absolute atomic E-state index is 14.5. The van der Waals surface area contributed by atoms with E-state index < -0.39 is 28.3 Å². The highest BCUT2D eigenvalue weighted by Crippen LogP contribution is 2.75. The van der Waals surface area contributed by atoms with Crippen molar-refractivity contribution in [2.75, 3.05) is 6.54 Å². The summed E-state index contributed by atoms with van der Waals surface area (Å²) < 4.78 is 39.5. The molecule has 2 unspecified atom stereocenters. The van der Waals surface area contributed by atoms with Gasteiger partial charge in [0.05, 0.1) is 5.57 Å². The van der Waals surface area contributed by atoms with Crippen molar-refractivity contribution < 1.29 is 27.6 Å². The lowest BCUT2D eigenvalue weighted by atomic mass is 9.31. The molecule has 41 heavy (non-hydrogen) atoms. The molecule has 0 aromatic carbocycles. The number of Topliss-reactive ketones (excluding diaryl/α,β-unsaturated/α-hetero) is 2. The molecular weight excluding hydrogens is 529 g/mol. The van der Waals surface area contributed by atoms with Crippen LogP contribution >= 0.6 is 0 Å². The molecule has 0 spiro atoms. The number of alkyl halides is 3. The first-order valence-corrected chi connectivity index (χ1v) is 15.2. The number of nitrogens with zero attached hydrogens (tertiary/aromatic N) is 1. The van der Waals surface area contributed by atoms with E-state index >= 15 is 0 Å². The summed E-state index contributed by atoms with van der Waals surface area (Å²) in [7, 11) is 0. The molecule has 5 aliphatic rings. The van der Waals surface area contributed by atoms with Crippen molar-refractivity contribution in [2.45, 2.75) is 106 Å². The summed E-state index contributed by atoms with van der Waals surface area (Å²) in [6.45, 7) is 14.9. The molecule has 5 rings (SSSR count). The van der Waals surface area contributed by atoms with E-state index in [0.29, 0.717) is 25.7 Å². The third-order valence-corrected chi connectivity index (χ3v) is 13.5. The number of fused-ring (bicyclic) bond motifs is 7. The number of nitriles is 1. The zero-order valence-corrected chi connectivity index (χ0v) is 25.6. The van der Waals surface area contributed by atoms with Gasteiger partial charge in [-0.1, -0.05) is 54.5 Å². The van der Waals surface area contributed by atoms with E-state index in [1.807, 2.05) is 19.9 Å². The highest BCUT2D eigenvalue weighted by atomic mass is 19.4. The molecule has 5 aliphatic carbocycles. The van der Waals surface area contributed by atoms with Crippen molar-refractivity contribution >= 4 is 17.5 Å². The fourth-order valence-corrected chi connectivity index (χ4v) is 11.1. The molecule has 4 fully saturated rings. The number of amides is 1. The van der Waals surface area contributed by atoms with Crippen molar-refractivity contribution in [2.24, 2.45) is 56.2 Å². The Hall–Kier alpha value is -2.17. The van der Waals surface area contributed by atoms with Crippen LogP contribution in [0.1, 0.15) is 99.8 Å². The Labute approximate surface area is 242 Å². The van der Waals surface area contributed by atoms with E-state index in [4.69, 9.17) is 0 Å². The number of hydrogen-bond acceptors (Lipinski definition) is 4. The lowest BCUT2D eigenvalue weighted by Gasteiger charge is -2.72. The van der Waals surface area contributed by atoms with Gasteiger partial charge in [-0.15, -0.1) is 0 Å². The molecule has 0 radical (unpaired) electrons. The van der Waals surface area contributed by atoms with Crippen LogP contribution in [0, 0.1) is 67.5 Å². The van der Waals surface area contributed by atoms with Crippen molar-refractivity contribution in [3.63, 3.8) is 0 Å². The Morgan fingerprint density at radius 2 is 1.61 bits per heavy atom. The molecule has 0 saturated heterocycles. The normalized spacial score (nSPS) is 44.8. The number of rotatable bonds is 2. The zero-order valence-electron chi connectivity index (χ0n) is 25.6. The summed E-state index contributed by atoms with van der Waals surface area (Å²) in [5, 5.41) is 12.1. The SMILES string of the molecule is CC1(C)CC[C@]2(CNC(=O)C(F)(F)F)CC[C@]3(C)[C@H](C(=O)CC4[C@@]5(C)C=C(C#N)C(=O)C(C)(C)C5CC[C@]43C)[C@@H]2C1. The summed E-state index contributed by atoms with van der Waals surface area (Å²) in [5.41, 5.74) is -2.26. The van der Waals surface area contributed by atoms with Crippen LogP contribution in [0.4, 0.5) is 13.2 Å². The predicted molar refractivity (Wildman–Crippen MR) is 148 cm³/mol. The van der Waals surface area contributed by atoms with Crippen LogP contribution in [0.5, 0.6) is 0 Å². The van der Waals surface area contributed by atoms with Crippen LogP contribution in [-0.4, -0.2) is 30.2 Å². The van der Waals surface area contributed by atoms with Crippen molar-refractivity contribution in [1.29, 1.82) is 5.26 Å². The van der Waals surface area contributed by atoms with E-state index in [2.05, 4.69) is 46.0 Å². The van der Waals surface area contributed by atoms with Crippen molar-refractivity contribution in [3.05, 3.63) is 11.6 Å². The van der Waals surface area contributed by atoms with Crippen LogP contribution in [0.15, 0.2) is 11.6 Å². The third-order valence-electron chi connectivity index (χ3n) is 13.5. The minimum absolute atomic E-state index is 0.0134. The van der Waals surface area contributed by atoms with Gasteiger partial charge < -0.3 is 5.32 Å². The Morgan fingerprint density at radius 1 is 0.976 bits per heavy atom. The lowest BCUT2D eigenvalue weighted by molar-refractivity contribution is -0.222. The average Bonchev–Trinajstić information content (AvgIpc) is 2.86. The molecule has 0 heterocycles. The number of carbonyl (C=O) groups is 3. The second-order valence-electron chi connectivity index (χ2n) is 16.2. The van der Waals surface area contributed by atoms with E-state index in [9.17, 15) is 32.8 Å². The van der Waals surface area contributed by atoms with Crippen LogP contribution in [-0.2, 0) is 14.4 Å². The number of nitrogens with one attached hydrogen (secondary N) is 1. The number of carbonyl (C=O) groups excluding carboxylic acids is 3. The summed E-state index contributed by atoms with van der Waals surface area (Å²) >= 11 is 0. The monoisotopic (exact) mass is 574 g/mol.